The lowest BCUT2D eigenvalue weighted by Crippen LogP contribution is -2.34. The molecule has 4 nitrogen and oxygen atoms in total. The van der Waals surface area contributed by atoms with Crippen molar-refractivity contribution in [3.63, 3.8) is 0 Å². The number of carbonyl (C=O) groups excluding carboxylic acids is 1. The van der Waals surface area contributed by atoms with E-state index in [1.54, 1.807) is 13.1 Å². The van der Waals surface area contributed by atoms with Crippen molar-refractivity contribution in [3.8, 4) is 5.75 Å². The molecule has 0 unspecified atom stereocenters. The third-order valence-corrected chi connectivity index (χ3v) is 3.06. The number of phenolic OH excluding ortho intramolecular Hbond substituents is 1. The molecule has 0 aliphatic rings. The standard InChI is InChI=1S/C15H23NO3/c1-9-8-12(10(2)11(3)13(9)17)16(7)14(18)19-15(4,5)6/h8,17H,1-7H3. The van der Waals surface area contributed by atoms with Crippen molar-refractivity contribution in [1.82, 2.24) is 0 Å². The van der Waals surface area contributed by atoms with Crippen molar-refractivity contribution in [2.45, 2.75) is 47.1 Å². The molecule has 0 fully saturated rings. The Bertz CT molecular complexity index is 501. The van der Waals surface area contributed by atoms with Gasteiger partial charge in [0, 0.05) is 7.05 Å². The van der Waals surface area contributed by atoms with E-state index in [1.165, 1.54) is 4.90 Å². The summed E-state index contributed by atoms with van der Waals surface area (Å²) in [6.45, 7) is 11.0. The Morgan fingerprint density at radius 3 is 2.21 bits per heavy atom. The van der Waals surface area contributed by atoms with Gasteiger partial charge in [0.15, 0.2) is 0 Å². The van der Waals surface area contributed by atoms with E-state index in [4.69, 9.17) is 4.74 Å². The van der Waals surface area contributed by atoms with E-state index >= 15 is 0 Å². The number of nitrogens with zero attached hydrogens (tertiary/aromatic N) is 1. The highest BCUT2D eigenvalue weighted by molar-refractivity contribution is 5.89. The molecule has 0 saturated carbocycles. The van der Waals surface area contributed by atoms with Crippen molar-refractivity contribution >= 4 is 11.8 Å². The van der Waals surface area contributed by atoms with E-state index in [0.29, 0.717) is 0 Å². The number of hydrogen-bond donors (Lipinski definition) is 1. The quantitative estimate of drug-likeness (QED) is 0.842. The average Bonchev–Trinajstić information content (AvgIpc) is 2.28. The Morgan fingerprint density at radius 1 is 1.21 bits per heavy atom. The lowest BCUT2D eigenvalue weighted by Gasteiger charge is -2.26. The van der Waals surface area contributed by atoms with E-state index in [0.717, 1.165) is 22.4 Å². The maximum absolute atomic E-state index is 12.1. The summed E-state index contributed by atoms with van der Waals surface area (Å²) in [6, 6.07) is 1.79. The lowest BCUT2D eigenvalue weighted by atomic mass is 10.0. The maximum Gasteiger partial charge on any atom is 0.414 e. The Hall–Kier alpha value is -1.71. The first kappa shape index (κ1) is 15.3. The molecule has 4 heteroatoms. The SMILES string of the molecule is Cc1cc(N(C)C(=O)OC(C)(C)C)c(C)c(C)c1O. The Kier molecular flexibility index (Phi) is 4.13. The number of aromatic hydroxyl groups is 1. The van der Waals surface area contributed by atoms with Crippen LogP contribution in [0.4, 0.5) is 10.5 Å². The van der Waals surface area contributed by atoms with Gasteiger partial charge in [-0.15, -0.1) is 0 Å². The molecule has 0 aliphatic heterocycles. The highest BCUT2D eigenvalue weighted by atomic mass is 16.6. The minimum absolute atomic E-state index is 0.277. The Morgan fingerprint density at radius 2 is 1.74 bits per heavy atom. The lowest BCUT2D eigenvalue weighted by molar-refractivity contribution is 0.0589. The number of anilines is 1. The van der Waals surface area contributed by atoms with Crippen LogP contribution >= 0.6 is 0 Å². The zero-order chi connectivity index (χ0) is 15.0. The second kappa shape index (κ2) is 5.11. The van der Waals surface area contributed by atoms with Crippen LogP contribution in [0.15, 0.2) is 6.07 Å². The van der Waals surface area contributed by atoms with Crippen LogP contribution in [-0.2, 0) is 4.74 Å². The Balaban J connectivity index is 3.14. The molecule has 0 aromatic heterocycles. The second-order valence-electron chi connectivity index (χ2n) is 5.85. The molecule has 1 aromatic rings. The van der Waals surface area contributed by atoms with Gasteiger partial charge in [0.05, 0.1) is 5.69 Å². The number of hydrogen-bond acceptors (Lipinski definition) is 3. The smallest absolute Gasteiger partial charge is 0.414 e. The van der Waals surface area contributed by atoms with Crippen LogP contribution in [0.2, 0.25) is 0 Å². The topological polar surface area (TPSA) is 49.8 Å². The molecule has 0 heterocycles. The highest BCUT2D eigenvalue weighted by Gasteiger charge is 2.22. The second-order valence-corrected chi connectivity index (χ2v) is 5.85. The van der Waals surface area contributed by atoms with Crippen LogP contribution in [0.1, 0.15) is 37.5 Å². The van der Waals surface area contributed by atoms with Crippen LogP contribution in [0.3, 0.4) is 0 Å². The number of rotatable bonds is 1. The first-order chi connectivity index (χ1) is 8.54. The van der Waals surface area contributed by atoms with Gasteiger partial charge in [0.2, 0.25) is 0 Å². The predicted octanol–water partition coefficient (Wildman–Crippen LogP) is 3.69. The van der Waals surface area contributed by atoms with Gasteiger partial charge >= 0.3 is 6.09 Å². The zero-order valence-electron chi connectivity index (χ0n) is 12.8. The summed E-state index contributed by atoms with van der Waals surface area (Å²) in [5.74, 6) is 0.277. The fraction of sp³-hybridized carbons (Fsp3) is 0.533. The summed E-state index contributed by atoms with van der Waals surface area (Å²) in [7, 11) is 1.67. The average molecular weight is 265 g/mol. The molecule has 0 aliphatic carbocycles. The van der Waals surface area contributed by atoms with Gasteiger partial charge in [0.25, 0.3) is 0 Å². The van der Waals surface area contributed by atoms with Crippen molar-refractivity contribution in [3.05, 3.63) is 22.8 Å². The fourth-order valence-electron chi connectivity index (χ4n) is 1.82. The molecule has 1 aromatic carbocycles. The van der Waals surface area contributed by atoms with E-state index in [1.807, 2.05) is 41.5 Å². The van der Waals surface area contributed by atoms with Gasteiger partial charge in [-0.1, -0.05) is 0 Å². The van der Waals surface area contributed by atoms with Gasteiger partial charge in [-0.2, -0.15) is 0 Å². The van der Waals surface area contributed by atoms with Crippen LogP contribution in [0, 0.1) is 20.8 Å². The van der Waals surface area contributed by atoms with Gasteiger partial charge in [-0.05, 0) is 64.3 Å². The minimum atomic E-state index is -0.528. The van der Waals surface area contributed by atoms with Crippen molar-refractivity contribution in [1.29, 1.82) is 0 Å². The van der Waals surface area contributed by atoms with Crippen LogP contribution in [-0.4, -0.2) is 23.8 Å². The number of ether oxygens (including phenoxy) is 1. The van der Waals surface area contributed by atoms with Gasteiger partial charge in [-0.3, -0.25) is 4.90 Å². The largest absolute Gasteiger partial charge is 0.507 e. The molecular weight excluding hydrogens is 242 g/mol. The van der Waals surface area contributed by atoms with Crippen molar-refractivity contribution < 1.29 is 14.6 Å². The molecule has 0 atom stereocenters. The van der Waals surface area contributed by atoms with Gasteiger partial charge in [0.1, 0.15) is 11.4 Å². The monoisotopic (exact) mass is 265 g/mol. The summed E-state index contributed by atoms with van der Waals surface area (Å²) in [5.41, 5.74) is 2.62. The third kappa shape index (κ3) is 3.40. The number of amides is 1. The van der Waals surface area contributed by atoms with Crippen LogP contribution in [0.25, 0.3) is 0 Å². The fourth-order valence-corrected chi connectivity index (χ4v) is 1.82. The first-order valence-electron chi connectivity index (χ1n) is 6.31. The maximum atomic E-state index is 12.1. The van der Waals surface area contributed by atoms with Gasteiger partial charge in [-0.25, -0.2) is 4.79 Å². The summed E-state index contributed by atoms with van der Waals surface area (Å²) >= 11 is 0. The number of aryl methyl sites for hydroxylation is 1. The molecular formula is C15H23NO3. The van der Waals surface area contributed by atoms with Crippen LogP contribution < -0.4 is 4.90 Å². The van der Waals surface area contributed by atoms with E-state index < -0.39 is 11.7 Å². The molecule has 1 amide bonds. The summed E-state index contributed by atoms with van der Waals surface area (Å²) in [5, 5.41) is 9.88. The Labute approximate surface area is 115 Å². The molecule has 0 radical (unpaired) electrons. The van der Waals surface area contributed by atoms with Crippen molar-refractivity contribution in [2.75, 3.05) is 11.9 Å². The van der Waals surface area contributed by atoms with E-state index in [-0.39, 0.29) is 5.75 Å². The summed E-state index contributed by atoms with van der Waals surface area (Å²) in [4.78, 5) is 13.5. The van der Waals surface area contributed by atoms with E-state index in [9.17, 15) is 9.90 Å². The van der Waals surface area contributed by atoms with Crippen LogP contribution in [0.5, 0.6) is 5.75 Å². The summed E-state index contributed by atoms with van der Waals surface area (Å²) in [6.07, 6.45) is -0.403. The number of carbonyl (C=O) groups is 1. The third-order valence-electron chi connectivity index (χ3n) is 3.06. The molecule has 0 saturated heterocycles. The minimum Gasteiger partial charge on any atom is -0.507 e. The summed E-state index contributed by atoms with van der Waals surface area (Å²) < 4.78 is 5.34. The zero-order valence-corrected chi connectivity index (χ0v) is 12.8. The molecule has 19 heavy (non-hydrogen) atoms. The molecule has 1 N–H and O–H groups in total. The first-order valence-corrected chi connectivity index (χ1v) is 6.31. The molecule has 0 spiro atoms. The van der Waals surface area contributed by atoms with Crippen molar-refractivity contribution in [2.24, 2.45) is 0 Å². The number of benzene rings is 1. The van der Waals surface area contributed by atoms with Gasteiger partial charge < -0.3 is 9.84 Å². The number of phenols is 1. The molecule has 0 bridgehead atoms. The van der Waals surface area contributed by atoms with E-state index in [2.05, 4.69) is 0 Å². The molecule has 106 valence electrons. The predicted molar refractivity (Wildman–Crippen MR) is 77.0 cm³/mol. The highest BCUT2D eigenvalue weighted by Crippen LogP contribution is 2.32. The normalized spacial score (nSPS) is 11.3. The molecule has 1 rings (SSSR count).